The molecule has 0 spiro atoms. The van der Waals surface area contributed by atoms with Gasteiger partial charge in [0.05, 0.1) is 36.7 Å². The zero-order valence-corrected chi connectivity index (χ0v) is 9.58. The van der Waals surface area contributed by atoms with Gasteiger partial charge in [-0.05, 0) is 6.42 Å². The third kappa shape index (κ3) is 1.67. The normalized spacial score (nSPS) is 33.9. The van der Waals surface area contributed by atoms with Crippen molar-refractivity contribution in [1.82, 2.24) is 15.3 Å². The molecule has 3 heterocycles. The Balaban J connectivity index is 1.88. The highest BCUT2D eigenvalue weighted by Gasteiger charge is 2.39. The highest BCUT2D eigenvalue weighted by molar-refractivity contribution is 5.79. The lowest BCUT2D eigenvalue weighted by Crippen LogP contribution is -2.38. The third-order valence-corrected chi connectivity index (χ3v) is 3.56. The van der Waals surface area contributed by atoms with E-state index in [0.29, 0.717) is 17.8 Å². The van der Waals surface area contributed by atoms with E-state index in [4.69, 9.17) is 5.11 Å². The van der Waals surface area contributed by atoms with Crippen molar-refractivity contribution in [3.63, 3.8) is 0 Å². The maximum absolute atomic E-state index is 11.5. The number of hydrogen-bond donors (Lipinski definition) is 4. The average Bonchev–Trinajstić information content (AvgIpc) is 2.93. The number of H-pyrrole nitrogens is 1. The summed E-state index contributed by atoms with van der Waals surface area (Å²) < 4.78 is 0. The van der Waals surface area contributed by atoms with Crippen LogP contribution in [0.2, 0.25) is 0 Å². The molecule has 0 saturated carbocycles. The van der Waals surface area contributed by atoms with Gasteiger partial charge in [-0.2, -0.15) is 0 Å². The molecular formula is C11H14N4O3. The molecule has 4 N–H and O–H groups in total. The van der Waals surface area contributed by atoms with E-state index in [1.54, 1.807) is 6.21 Å². The first-order valence-electron chi connectivity index (χ1n) is 5.87. The van der Waals surface area contributed by atoms with Gasteiger partial charge in [0.15, 0.2) is 0 Å². The van der Waals surface area contributed by atoms with Crippen molar-refractivity contribution < 1.29 is 10.2 Å². The highest BCUT2D eigenvalue weighted by atomic mass is 16.3. The van der Waals surface area contributed by atoms with Gasteiger partial charge in [-0.15, -0.1) is 0 Å². The third-order valence-electron chi connectivity index (χ3n) is 3.56. The van der Waals surface area contributed by atoms with Crippen LogP contribution in [0.1, 0.15) is 18.0 Å². The molecule has 7 heteroatoms. The maximum Gasteiger partial charge on any atom is 0.276 e. The van der Waals surface area contributed by atoms with Gasteiger partial charge in [0, 0.05) is 12.3 Å². The van der Waals surface area contributed by atoms with Crippen LogP contribution < -0.4 is 10.9 Å². The summed E-state index contributed by atoms with van der Waals surface area (Å²) in [5.74, 6) is -0.131. The van der Waals surface area contributed by atoms with Crippen LogP contribution in [0.25, 0.3) is 0 Å². The van der Waals surface area contributed by atoms with E-state index in [0.717, 1.165) is 0 Å². The zero-order valence-electron chi connectivity index (χ0n) is 9.58. The largest absolute Gasteiger partial charge is 0.395 e. The molecule has 1 saturated heterocycles. The SMILES string of the molecule is O=c1[nH]cnc2c1N=CC2[C@@H]1C[C@@H](O)[C@H](CO)N1. The molecule has 7 nitrogen and oxygen atoms in total. The number of nitrogens with zero attached hydrogens (tertiary/aromatic N) is 2. The summed E-state index contributed by atoms with van der Waals surface area (Å²) in [6.45, 7) is -0.114. The molecule has 2 aliphatic heterocycles. The molecule has 18 heavy (non-hydrogen) atoms. The molecule has 0 radical (unpaired) electrons. The Bertz CT molecular complexity index is 541. The molecule has 4 atom stereocenters. The average molecular weight is 250 g/mol. The Labute approximate surface area is 103 Å². The second kappa shape index (κ2) is 4.27. The molecule has 3 rings (SSSR count). The first-order chi connectivity index (χ1) is 8.70. The molecule has 1 unspecified atom stereocenters. The summed E-state index contributed by atoms with van der Waals surface area (Å²) in [5, 5.41) is 22.0. The number of aliphatic hydroxyl groups is 2. The molecule has 1 aromatic heterocycles. The van der Waals surface area contributed by atoms with Crippen LogP contribution in [-0.2, 0) is 0 Å². The number of aliphatic hydroxyl groups excluding tert-OH is 2. The van der Waals surface area contributed by atoms with Crippen molar-refractivity contribution in [1.29, 1.82) is 0 Å². The standard InChI is InChI=1S/C11H14N4O3/c16-3-7-8(17)1-6(15-7)5-2-12-10-9(5)13-4-14-11(10)18/h2,4-8,15-17H,1,3H2,(H,13,14,18)/t5?,6-,7-,8+/m0/s1. The van der Waals surface area contributed by atoms with Gasteiger partial charge < -0.3 is 20.5 Å². The van der Waals surface area contributed by atoms with Gasteiger partial charge in [-0.3, -0.25) is 9.79 Å². The fraction of sp³-hybridized carbons (Fsp3) is 0.545. The molecule has 0 amide bonds. The van der Waals surface area contributed by atoms with E-state index >= 15 is 0 Å². The van der Waals surface area contributed by atoms with Gasteiger partial charge in [-0.1, -0.05) is 0 Å². The first-order valence-corrected chi connectivity index (χ1v) is 5.87. The minimum Gasteiger partial charge on any atom is -0.395 e. The van der Waals surface area contributed by atoms with Gasteiger partial charge in [0.2, 0.25) is 0 Å². The molecule has 1 aromatic rings. The topological polar surface area (TPSA) is 111 Å². The van der Waals surface area contributed by atoms with Crippen LogP contribution in [-0.4, -0.2) is 51.2 Å². The number of hydrogen-bond acceptors (Lipinski definition) is 6. The van der Waals surface area contributed by atoms with E-state index in [1.807, 2.05) is 0 Å². The van der Waals surface area contributed by atoms with Crippen molar-refractivity contribution in [2.45, 2.75) is 30.5 Å². The van der Waals surface area contributed by atoms with Crippen molar-refractivity contribution in [2.24, 2.45) is 4.99 Å². The summed E-state index contributed by atoms with van der Waals surface area (Å²) in [5.41, 5.74) is 0.712. The summed E-state index contributed by atoms with van der Waals surface area (Å²) in [6.07, 6.45) is 2.96. The number of aromatic nitrogens is 2. The summed E-state index contributed by atoms with van der Waals surface area (Å²) >= 11 is 0. The van der Waals surface area contributed by atoms with E-state index in [1.165, 1.54) is 6.33 Å². The molecule has 2 aliphatic rings. The summed E-state index contributed by atoms with van der Waals surface area (Å²) in [7, 11) is 0. The Morgan fingerprint density at radius 3 is 3.06 bits per heavy atom. The minimum atomic E-state index is -0.584. The quantitative estimate of drug-likeness (QED) is 0.519. The van der Waals surface area contributed by atoms with Gasteiger partial charge in [0.25, 0.3) is 5.56 Å². The Hall–Kier alpha value is -1.57. The Morgan fingerprint density at radius 2 is 2.33 bits per heavy atom. The Kier molecular flexibility index (Phi) is 2.73. The summed E-state index contributed by atoms with van der Waals surface area (Å²) in [6, 6.07) is -0.383. The molecule has 1 fully saturated rings. The lowest BCUT2D eigenvalue weighted by Gasteiger charge is -2.17. The molecule has 96 valence electrons. The molecular weight excluding hydrogens is 236 g/mol. The van der Waals surface area contributed by atoms with Crippen LogP contribution >= 0.6 is 0 Å². The number of nitrogens with one attached hydrogen (secondary N) is 2. The second-order valence-electron chi connectivity index (χ2n) is 4.63. The maximum atomic E-state index is 11.5. The van der Waals surface area contributed by atoms with Crippen LogP contribution in [0.4, 0.5) is 5.69 Å². The van der Waals surface area contributed by atoms with Crippen molar-refractivity contribution in [3.8, 4) is 0 Å². The van der Waals surface area contributed by atoms with Crippen LogP contribution in [0, 0.1) is 0 Å². The van der Waals surface area contributed by atoms with E-state index < -0.39 is 6.10 Å². The lowest BCUT2D eigenvalue weighted by molar-refractivity contribution is 0.121. The van der Waals surface area contributed by atoms with Crippen molar-refractivity contribution in [2.75, 3.05) is 6.61 Å². The van der Waals surface area contributed by atoms with Crippen molar-refractivity contribution in [3.05, 3.63) is 22.4 Å². The fourth-order valence-corrected chi connectivity index (χ4v) is 2.60. The van der Waals surface area contributed by atoms with Crippen LogP contribution in [0.3, 0.4) is 0 Å². The lowest BCUT2D eigenvalue weighted by atomic mass is 9.96. The van der Waals surface area contributed by atoms with Crippen LogP contribution in [0.5, 0.6) is 0 Å². The molecule has 0 bridgehead atoms. The Morgan fingerprint density at radius 1 is 1.50 bits per heavy atom. The smallest absolute Gasteiger partial charge is 0.276 e. The zero-order chi connectivity index (χ0) is 12.7. The summed E-state index contributed by atoms with van der Waals surface area (Å²) in [4.78, 5) is 22.3. The minimum absolute atomic E-state index is 0.0588. The predicted octanol–water partition coefficient (Wildman–Crippen LogP) is -1.35. The second-order valence-corrected chi connectivity index (χ2v) is 4.63. The molecule has 0 aliphatic carbocycles. The first kappa shape index (κ1) is 11.5. The number of aliphatic imine (C=N–C) groups is 1. The predicted molar refractivity (Wildman–Crippen MR) is 64.2 cm³/mol. The van der Waals surface area contributed by atoms with Crippen molar-refractivity contribution >= 4 is 11.9 Å². The van der Waals surface area contributed by atoms with Gasteiger partial charge >= 0.3 is 0 Å². The molecule has 0 aromatic carbocycles. The van der Waals surface area contributed by atoms with Crippen LogP contribution in [0.15, 0.2) is 16.1 Å². The van der Waals surface area contributed by atoms with E-state index in [2.05, 4.69) is 20.3 Å². The van der Waals surface area contributed by atoms with E-state index in [9.17, 15) is 9.90 Å². The van der Waals surface area contributed by atoms with Gasteiger partial charge in [-0.25, -0.2) is 4.98 Å². The fourth-order valence-electron chi connectivity index (χ4n) is 2.60. The highest BCUT2D eigenvalue weighted by Crippen LogP contribution is 2.33. The monoisotopic (exact) mass is 250 g/mol. The number of rotatable bonds is 2. The number of aromatic amines is 1. The van der Waals surface area contributed by atoms with E-state index in [-0.39, 0.29) is 30.2 Å². The number of fused-ring (bicyclic) bond motifs is 1. The van der Waals surface area contributed by atoms with Gasteiger partial charge in [0.1, 0.15) is 5.69 Å².